The normalized spacial score (nSPS) is 17.5. The highest BCUT2D eigenvalue weighted by Crippen LogP contribution is 2.47. The van der Waals surface area contributed by atoms with E-state index in [0.717, 1.165) is 52.6 Å². The van der Waals surface area contributed by atoms with E-state index < -0.39 is 11.7 Å². The molecule has 1 atom stereocenters. The fourth-order valence-electron chi connectivity index (χ4n) is 5.16. The Morgan fingerprint density at radius 3 is 2.47 bits per heavy atom. The minimum absolute atomic E-state index is 0.390. The number of anilines is 3. The van der Waals surface area contributed by atoms with E-state index in [1.807, 2.05) is 20.9 Å². The Labute approximate surface area is 197 Å². The number of halogens is 3. The molecule has 5 nitrogen and oxygen atoms in total. The van der Waals surface area contributed by atoms with Crippen LogP contribution in [0.1, 0.15) is 55.5 Å². The van der Waals surface area contributed by atoms with Crippen LogP contribution in [0.15, 0.2) is 48.8 Å². The summed E-state index contributed by atoms with van der Waals surface area (Å²) in [5.41, 5.74) is 2.84. The summed E-state index contributed by atoms with van der Waals surface area (Å²) in [6.45, 7) is 8.09. The van der Waals surface area contributed by atoms with Gasteiger partial charge in [-0.25, -0.2) is 0 Å². The van der Waals surface area contributed by atoms with E-state index in [-0.39, 0.29) is 6.04 Å². The summed E-state index contributed by atoms with van der Waals surface area (Å²) in [5, 5.41) is 13.9. The highest BCUT2D eigenvalue weighted by atomic mass is 19.4. The third-order valence-electron chi connectivity index (χ3n) is 7.10. The smallest absolute Gasteiger partial charge is 0.362 e. The van der Waals surface area contributed by atoms with E-state index in [0.29, 0.717) is 17.4 Å². The van der Waals surface area contributed by atoms with Crippen LogP contribution >= 0.6 is 0 Å². The molecule has 2 aromatic carbocycles. The highest BCUT2D eigenvalue weighted by Gasteiger charge is 2.35. The zero-order valence-electron chi connectivity index (χ0n) is 19.6. The lowest BCUT2D eigenvalue weighted by Gasteiger charge is -2.28. The molecule has 1 aliphatic heterocycles. The summed E-state index contributed by atoms with van der Waals surface area (Å²) in [6.07, 6.45) is 0.315. The molecular formula is C26H28F3N5. The van der Waals surface area contributed by atoms with Crippen LogP contribution in [0.5, 0.6) is 0 Å². The first-order valence-electron chi connectivity index (χ1n) is 11.6. The van der Waals surface area contributed by atoms with Crippen molar-refractivity contribution in [1.82, 2.24) is 10.2 Å². The Morgan fingerprint density at radius 2 is 1.76 bits per heavy atom. The van der Waals surface area contributed by atoms with Crippen LogP contribution in [-0.4, -0.2) is 23.3 Å². The monoisotopic (exact) mass is 467 g/mol. The van der Waals surface area contributed by atoms with Gasteiger partial charge in [0, 0.05) is 23.9 Å². The van der Waals surface area contributed by atoms with E-state index in [1.165, 1.54) is 25.0 Å². The van der Waals surface area contributed by atoms with Crippen molar-refractivity contribution < 1.29 is 13.2 Å². The lowest BCUT2D eigenvalue weighted by Crippen LogP contribution is -2.33. The first kappa shape index (κ1) is 22.5. The maximum absolute atomic E-state index is 13.2. The maximum Gasteiger partial charge on any atom is 0.416 e. The lowest BCUT2D eigenvalue weighted by molar-refractivity contribution is -0.137. The fourth-order valence-corrected chi connectivity index (χ4v) is 5.16. The quantitative estimate of drug-likeness (QED) is 0.457. The van der Waals surface area contributed by atoms with Gasteiger partial charge in [0.2, 0.25) is 0 Å². The van der Waals surface area contributed by atoms with Gasteiger partial charge in [-0.05, 0) is 56.5 Å². The molecule has 1 saturated carbocycles. The van der Waals surface area contributed by atoms with Crippen molar-refractivity contribution in [2.24, 2.45) is 0 Å². The molecule has 178 valence electrons. The van der Waals surface area contributed by atoms with E-state index in [9.17, 15) is 13.2 Å². The first-order valence-corrected chi connectivity index (χ1v) is 11.6. The van der Waals surface area contributed by atoms with E-state index in [4.69, 9.17) is 0 Å². The van der Waals surface area contributed by atoms with Crippen molar-refractivity contribution >= 4 is 28.0 Å². The number of rotatable bonds is 4. The van der Waals surface area contributed by atoms with Gasteiger partial charge in [0.05, 0.1) is 28.7 Å². The molecule has 0 amide bonds. The molecule has 0 bridgehead atoms. The van der Waals surface area contributed by atoms with Gasteiger partial charge in [0.25, 0.3) is 0 Å². The van der Waals surface area contributed by atoms with Crippen molar-refractivity contribution in [2.75, 3.05) is 22.2 Å². The molecule has 3 aromatic rings. The summed E-state index contributed by atoms with van der Waals surface area (Å²) in [6, 6.07) is 9.67. The largest absolute Gasteiger partial charge is 0.416 e. The summed E-state index contributed by atoms with van der Waals surface area (Å²) >= 11 is 0. The zero-order chi connectivity index (χ0) is 24.2. The van der Waals surface area contributed by atoms with Gasteiger partial charge in [0.15, 0.2) is 5.82 Å². The summed E-state index contributed by atoms with van der Waals surface area (Å²) in [4.78, 5) is 4.45. The van der Waals surface area contributed by atoms with E-state index in [1.54, 1.807) is 6.07 Å². The van der Waals surface area contributed by atoms with Gasteiger partial charge in [-0.15, -0.1) is 5.10 Å². The minimum Gasteiger partial charge on any atom is -0.362 e. The van der Waals surface area contributed by atoms with Crippen LogP contribution in [0.4, 0.5) is 30.4 Å². The zero-order valence-corrected chi connectivity index (χ0v) is 19.6. The molecule has 1 aliphatic carbocycles. The molecular weight excluding hydrogens is 439 g/mol. The predicted molar refractivity (Wildman–Crippen MR) is 130 cm³/mol. The topological polar surface area (TPSA) is 44.3 Å². The highest BCUT2D eigenvalue weighted by molar-refractivity contribution is 6.02. The van der Waals surface area contributed by atoms with Crippen molar-refractivity contribution in [3.8, 4) is 0 Å². The number of nitrogens with zero attached hydrogens (tertiary/aromatic N) is 4. The molecule has 0 saturated heterocycles. The molecule has 2 aliphatic rings. The molecule has 0 unspecified atom stereocenters. The maximum atomic E-state index is 13.2. The Balaban J connectivity index is 1.56. The second-order valence-electron chi connectivity index (χ2n) is 9.29. The molecule has 2 heterocycles. The average molecular weight is 468 g/mol. The summed E-state index contributed by atoms with van der Waals surface area (Å²) < 4.78 is 39.6. The summed E-state index contributed by atoms with van der Waals surface area (Å²) in [5.74, 6) is 1.52. The van der Waals surface area contributed by atoms with Crippen LogP contribution in [0.2, 0.25) is 0 Å². The Kier molecular flexibility index (Phi) is 5.41. The van der Waals surface area contributed by atoms with Crippen LogP contribution < -0.4 is 15.1 Å². The lowest BCUT2D eigenvalue weighted by atomic mass is 10.0. The van der Waals surface area contributed by atoms with E-state index in [2.05, 4.69) is 44.0 Å². The second-order valence-corrected chi connectivity index (χ2v) is 9.29. The number of hydrogen-bond acceptors (Lipinski definition) is 5. The van der Waals surface area contributed by atoms with Gasteiger partial charge < -0.3 is 15.1 Å². The van der Waals surface area contributed by atoms with Gasteiger partial charge in [-0.3, -0.25) is 0 Å². The molecule has 0 radical (unpaired) electrons. The van der Waals surface area contributed by atoms with Gasteiger partial charge in [-0.1, -0.05) is 31.6 Å². The number of benzene rings is 2. The average Bonchev–Trinajstić information content (AvgIpc) is 3.41. The Hall–Kier alpha value is -3.29. The van der Waals surface area contributed by atoms with Gasteiger partial charge in [-0.2, -0.15) is 18.3 Å². The van der Waals surface area contributed by atoms with Crippen molar-refractivity contribution in [3.05, 3.63) is 65.6 Å². The van der Waals surface area contributed by atoms with Gasteiger partial charge >= 0.3 is 6.18 Å². The molecule has 8 heteroatoms. The predicted octanol–water partition coefficient (Wildman–Crippen LogP) is 6.80. The third kappa shape index (κ3) is 3.75. The number of hydrogen-bond donors (Lipinski definition) is 1. The number of aryl methyl sites for hydroxylation is 1. The number of alkyl halides is 3. The number of aromatic nitrogens is 2. The van der Waals surface area contributed by atoms with Crippen LogP contribution in [0, 0.1) is 6.92 Å². The van der Waals surface area contributed by atoms with Crippen molar-refractivity contribution in [3.63, 3.8) is 0 Å². The molecule has 5 rings (SSSR count). The van der Waals surface area contributed by atoms with Crippen LogP contribution in [-0.2, 0) is 6.18 Å². The Morgan fingerprint density at radius 1 is 1.06 bits per heavy atom. The second kappa shape index (κ2) is 8.18. The van der Waals surface area contributed by atoms with Crippen LogP contribution in [0.25, 0.3) is 10.8 Å². The number of fused-ring (bicyclic) bond motifs is 2. The Bertz CT molecular complexity index is 1260. The van der Waals surface area contributed by atoms with Gasteiger partial charge in [0.1, 0.15) is 5.82 Å². The number of nitrogens with one attached hydrogen (secondary N) is 1. The van der Waals surface area contributed by atoms with Crippen LogP contribution in [0.3, 0.4) is 0 Å². The SMILES string of the molecule is C=C1N(C)c2cc3c(C)nnc(N[C@H](C)c4cccc(C(F)(F)F)c4)c3cc2N1C1CCCC1. The van der Waals surface area contributed by atoms with E-state index >= 15 is 0 Å². The van der Waals surface area contributed by atoms with Crippen molar-refractivity contribution in [2.45, 2.75) is 57.8 Å². The molecule has 34 heavy (non-hydrogen) atoms. The molecule has 1 fully saturated rings. The third-order valence-corrected chi connectivity index (χ3v) is 7.10. The summed E-state index contributed by atoms with van der Waals surface area (Å²) in [7, 11) is 2.03. The minimum atomic E-state index is -4.38. The first-order chi connectivity index (χ1) is 16.1. The molecule has 0 spiro atoms. The fraction of sp³-hybridized carbons (Fsp3) is 0.385. The standard InChI is InChI=1S/C26H28F3N5/c1-15(18-8-7-9-19(12-18)26(27,28)29)30-25-22-14-24-23(13-21(22)16(2)31-32-25)33(4)17(3)34(24)20-10-5-6-11-20/h7-9,12-15,20H,3,5-6,10-11H2,1-2,4H3,(H,30,32)/t15-/m1/s1. The molecule has 1 aromatic heterocycles. The van der Waals surface area contributed by atoms with Crippen molar-refractivity contribution in [1.29, 1.82) is 0 Å². The molecule has 1 N–H and O–H groups in total.